The van der Waals surface area contributed by atoms with Crippen molar-refractivity contribution in [3.05, 3.63) is 63.4 Å². The normalized spacial score (nSPS) is 25.7. The highest BCUT2D eigenvalue weighted by Gasteiger charge is 2.61. The van der Waals surface area contributed by atoms with Crippen molar-refractivity contribution in [2.75, 3.05) is 12.8 Å². The van der Waals surface area contributed by atoms with Crippen molar-refractivity contribution in [2.45, 2.75) is 70.3 Å². The van der Waals surface area contributed by atoms with Crippen LogP contribution in [0, 0.1) is 5.92 Å². The Morgan fingerprint density at radius 3 is 2.46 bits per heavy atom. The standard InChI is InChI=1S/C25H35FN3O9P/c1-15(2)35-21(32)16(3)13-39(34,37-17-9-7-6-8-10-17)38-24(4,5)20-19(31)25(27,14-26)22(36-20)29-12-11-18(30)28-23(29)33/h6-12,15-16,19-20,22,31H,13-14,27H2,1-5H3,(H,28,30,33)/t16-,19+,20+,22-,25?,39+/m1/s1. The molecule has 1 aromatic heterocycles. The summed E-state index contributed by atoms with van der Waals surface area (Å²) < 4.78 is 52.2. The Kier molecular flexibility index (Phi) is 9.24. The number of hydrogen-bond acceptors (Lipinski definition) is 10. The van der Waals surface area contributed by atoms with Gasteiger partial charge in [-0.05, 0) is 39.8 Å². The molecule has 2 aromatic rings. The molecular formula is C25H35FN3O9P. The monoisotopic (exact) mass is 571 g/mol. The molecule has 0 spiro atoms. The van der Waals surface area contributed by atoms with E-state index >= 15 is 0 Å². The van der Waals surface area contributed by atoms with Gasteiger partial charge in [0, 0.05) is 12.3 Å². The lowest BCUT2D eigenvalue weighted by molar-refractivity contribution is -0.151. The third kappa shape index (κ3) is 6.85. The number of carbonyl (C=O) groups is 1. The second-order valence-electron chi connectivity index (χ2n) is 10.4. The predicted octanol–water partition coefficient (Wildman–Crippen LogP) is 2.12. The van der Waals surface area contributed by atoms with E-state index in [9.17, 15) is 28.4 Å². The van der Waals surface area contributed by atoms with Crippen LogP contribution in [0.25, 0.3) is 0 Å². The number of nitrogens with one attached hydrogen (secondary N) is 1. The third-order valence-electron chi connectivity index (χ3n) is 6.21. The maximum Gasteiger partial charge on any atom is 0.380 e. The number of nitrogens with zero attached hydrogens (tertiary/aromatic N) is 1. The van der Waals surface area contributed by atoms with Crippen LogP contribution in [-0.2, 0) is 23.4 Å². The fraction of sp³-hybridized carbons (Fsp3) is 0.560. The van der Waals surface area contributed by atoms with Crippen LogP contribution in [0.15, 0.2) is 52.2 Å². The quantitative estimate of drug-likeness (QED) is 0.268. The van der Waals surface area contributed by atoms with Gasteiger partial charge >= 0.3 is 19.3 Å². The third-order valence-corrected chi connectivity index (χ3v) is 8.44. The summed E-state index contributed by atoms with van der Waals surface area (Å²) in [6, 6.07) is 9.15. The lowest BCUT2D eigenvalue weighted by Crippen LogP contribution is -2.59. The van der Waals surface area contributed by atoms with E-state index in [0.29, 0.717) is 0 Å². The zero-order valence-electron chi connectivity index (χ0n) is 22.4. The van der Waals surface area contributed by atoms with Crippen molar-refractivity contribution in [3.8, 4) is 5.75 Å². The summed E-state index contributed by atoms with van der Waals surface area (Å²) in [7, 11) is -4.20. The van der Waals surface area contributed by atoms with Crippen LogP contribution in [0.4, 0.5) is 4.39 Å². The van der Waals surface area contributed by atoms with E-state index in [1.165, 1.54) is 20.8 Å². The van der Waals surface area contributed by atoms with E-state index in [4.69, 9.17) is 24.3 Å². The number of aliphatic hydroxyl groups excluding tert-OH is 1. The molecule has 1 fully saturated rings. The minimum absolute atomic E-state index is 0.198. The highest BCUT2D eigenvalue weighted by atomic mass is 31.2. The van der Waals surface area contributed by atoms with Gasteiger partial charge in [-0.25, -0.2) is 13.8 Å². The molecule has 12 nitrogen and oxygen atoms in total. The molecule has 1 aromatic carbocycles. The van der Waals surface area contributed by atoms with Crippen molar-refractivity contribution in [3.63, 3.8) is 0 Å². The van der Waals surface area contributed by atoms with Crippen LogP contribution >= 0.6 is 7.60 Å². The topological polar surface area (TPSA) is 172 Å². The van der Waals surface area contributed by atoms with E-state index in [1.807, 2.05) is 4.98 Å². The summed E-state index contributed by atoms with van der Waals surface area (Å²) in [5.74, 6) is -1.32. The first-order valence-electron chi connectivity index (χ1n) is 12.4. The molecule has 0 radical (unpaired) electrons. The molecule has 14 heteroatoms. The number of benzene rings is 1. The van der Waals surface area contributed by atoms with Crippen molar-refractivity contribution >= 4 is 13.6 Å². The Labute approximate surface area is 224 Å². The van der Waals surface area contributed by atoms with Gasteiger partial charge in [-0.15, -0.1) is 0 Å². The van der Waals surface area contributed by atoms with E-state index in [2.05, 4.69) is 0 Å². The number of aliphatic hydroxyl groups is 1. The number of H-pyrrole nitrogens is 1. The zero-order chi connectivity index (χ0) is 29.2. The lowest BCUT2D eigenvalue weighted by Gasteiger charge is -2.37. The molecule has 1 saturated heterocycles. The van der Waals surface area contributed by atoms with Crippen molar-refractivity contribution in [2.24, 2.45) is 11.7 Å². The molecule has 3 rings (SSSR count). The van der Waals surface area contributed by atoms with E-state index < -0.39 is 73.1 Å². The van der Waals surface area contributed by atoms with Crippen molar-refractivity contribution < 1.29 is 37.4 Å². The fourth-order valence-corrected chi connectivity index (χ4v) is 6.57. The van der Waals surface area contributed by atoms with Gasteiger partial charge in [0.1, 0.15) is 35.8 Å². The van der Waals surface area contributed by atoms with Gasteiger partial charge in [0.05, 0.1) is 18.2 Å². The number of ether oxygens (including phenoxy) is 2. The second kappa shape index (κ2) is 11.7. The van der Waals surface area contributed by atoms with Crippen molar-refractivity contribution in [1.82, 2.24) is 9.55 Å². The van der Waals surface area contributed by atoms with Crippen LogP contribution in [-0.4, -0.2) is 62.9 Å². The minimum Gasteiger partial charge on any atom is -0.463 e. The smallest absolute Gasteiger partial charge is 0.380 e. The molecule has 4 N–H and O–H groups in total. The van der Waals surface area contributed by atoms with E-state index in [0.717, 1.165) is 16.8 Å². The van der Waals surface area contributed by atoms with Crippen molar-refractivity contribution in [1.29, 1.82) is 0 Å². The number of esters is 1. The number of alkyl halides is 1. The number of carbonyl (C=O) groups excluding carboxylic acids is 1. The van der Waals surface area contributed by atoms with Gasteiger partial charge in [0.2, 0.25) is 0 Å². The average Bonchev–Trinajstić information content (AvgIpc) is 3.10. The molecule has 39 heavy (non-hydrogen) atoms. The first-order valence-corrected chi connectivity index (χ1v) is 14.1. The highest BCUT2D eigenvalue weighted by molar-refractivity contribution is 7.54. The summed E-state index contributed by atoms with van der Waals surface area (Å²) in [6.07, 6.45) is -4.45. The summed E-state index contributed by atoms with van der Waals surface area (Å²) in [5, 5.41) is 11.1. The molecule has 0 saturated carbocycles. The van der Waals surface area contributed by atoms with Gasteiger partial charge in [-0.3, -0.25) is 23.7 Å². The number of hydrogen-bond donors (Lipinski definition) is 3. The van der Waals surface area contributed by atoms with E-state index in [1.54, 1.807) is 44.2 Å². The molecular weight excluding hydrogens is 536 g/mol. The van der Waals surface area contributed by atoms with Gasteiger partial charge in [0.25, 0.3) is 5.56 Å². The SMILES string of the molecule is CC(C)OC(=O)[C@H](C)C[P@](=O)(Oc1ccccc1)OC(C)(C)[C@H]1O[C@@H](n2ccc(=O)[nH]c2=O)C(N)(CF)[C@H]1O. The number of aromatic nitrogens is 2. The Hall–Kier alpha value is -2.83. The zero-order valence-corrected chi connectivity index (χ0v) is 23.3. The minimum atomic E-state index is -4.20. The number of nitrogens with two attached hydrogens (primary N) is 1. The lowest BCUT2D eigenvalue weighted by atomic mass is 9.86. The number of rotatable bonds is 11. The first-order chi connectivity index (χ1) is 18.1. The maximum absolute atomic E-state index is 14.3. The van der Waals surface area contributed by atoms with Gasteiger partial charge < -0.3 is 24.8 Å². The van der Waals surface area contributed by atoms with Crippen LogP contribution < -0.4 is 21.5 Å². The largest absolute Gasteiger partial charge is 0.463 e. The van der Waals surface area contributed by atoms with Crippen LogP contribution in [0.5, 0.6) is 5.75 Å². The van der Waals surface area contributed by atoms with Gasteiger partial charge in [-0.2, -0.15) is 0 Å². The summed E-state index contributed by atoms with van der Waals surface area (Å²) >= 11 is 0. The Bertz CT molecular complexity index is 1320. The molecule has 1 aliphatic rings. The van der Waals surface area contributed by atoms with Gasteiger partial charge in [-0.1, -0.05) is 25.1 Å². The molecule has 216 valence electrons. The number of para-hydroxylation sites is 1. The average molecular weight is 572 g/mol. The fourth-order valence-electron chi connectivity index (χ4n) is 4.30. The highest BCUT2D eigenvalue weighted by Crippen LogP contribution is 2.55. The first kappa shape index (κ1) is 30.7. The van der Waals surface area contributed by atoms with Gasteiger partial charge in [0.15, 0.2) is 6.23 Å². The summed E-state index contributed by atoms with van der Waals surface area (Å²) in [5.41, 5.74) is 0.788. The second-order valence-corrected chi connectivity index (χ2v) is 12.3. The molecule has 6 atom stereocenters. The molecule has 0 aliphatic carbocycles. The number of halogens is 1. The molecule has 2 heterocycles. The maximum atomic E-state index is 14.3. The van der Waals surface area contributed by atoms with Crippen LogP contribution in [0.1, 0.15) is 40.8 Å². The Morgan fingerprint density at radius 2 is 1.90 bits per heavy atom. The van der Waals surface area contributed by atoms with E-state index in [-0.39, 0.29) is 11.9 Å². The summed E-state index contributed by atoms with van der Waals surface area (Å²) in [6.45, 7) is 6.41. The number of aromatic amines is 1. The molecule has 0 bridgehead atoms. The van der Waals surface area contributed by atoms with Crippen LogP contribution in [0.2, 0.25) is 0 Å². The summed E-state index contributed by atoms with van der Waals surface area (Å²) in [4.78, 5) is 38.5. The van der Waals surface area contributed by atoms with Crippen LogP contribution in [0.3, 0.4) is 0 Å². The molecule has 1 aliphatic heterocycles. The molecule has 0 amide bonds. The predicted molar refractivity (Wildman–Crippen MR) is 139 cm³/mol. The Morgan fingerprint density at radius 1 is 1.26 bits per heavy atom. The Balaban J connectivity index is 1.96. The molecule has 1 unspecified atom stereocenters.